The highest BCUT2D eigenvalue weighted by Gasteiger charge is 1.99. The lowest BCUT2D eigenvalue weighted by molar-refractivity contribution is -0.119. The summed E-state index contributed by atoms with van der Waals surface area (Å²) < 4.78 is 0. The molecule has 2 heteroatoms. The van der Waals surface area contributed by atoms with Crippen LogP contribution in [0.25, 0.3) is 0 Å². The normalized spacial score (nSPS) is 8.91. The van der Waals surface area contributed by atoms with Crippen LogP contribution in [0.1, 0.15) is 52.4 Å². The number of hydrogen-bond acceptors (Lipinski definition) is 0. The molecule has 0 rings (SSSR count). The maximum atomic E-state index is 5.76. The van der Waals surface area contributed by atoms with Gasteiger partial charge in [0.15, 0.2) is 0 Å². The van der Waals surface area contributed by atoms with Gasteiger partial charge in [-0.15, -0.1) is 0 Å². The Balaban J connectivity index is 0. The molecule has 0 aliphatic rings. The maximum Gasteiger partial charge on any atom is 0.149 e. The average Bonchev–Trinajstić information content (AvgIpc) is 1.97. The molecule has 0 bridgehead atoms. The third-order valence-corrected chi connectivity index (χ3v) is 1.70. The van der Waals surface area contributed by atoms with Crippen LogP contribution in [-0.2, 0) is 0 Å². The predicted octanol–water partition coefficient (Wildman–Crippen LogP) is -1.43. The van der Waals surface area contributed by atoms with Crippen molar-refractivity contribution in [3.8, 4) is 0 Å². The molecular formula is C9H20IN. The first-order valence-electron chi connectivity index (χ1n) is 4.41. The molecule has 0 atom stereocenters. The van der Waals surface area contributed by atoms with Crippen LogP contribution >= 0.6 is 0 Å². The summed E-state index contributed by atoms with van der Waals surface area (Å²) >= 11 is 0. The van der Waals surface area contributed by atoms with Gasteiger partial charge in [-0.05, 0) is 12.8 Å². The Morgan fingerprint density at radius 3 is 1.64 bits per heavy atom. The molecule has 0 fully saturated rings. The largest absolute Gasteiger partial charge is 1.00 e. The molecule has 0 aromatic carbocycles. The van der Waals surface area contributed by atoms with Crippen molar-refractivity contribution in [1.82, 2.24) is 0 Å². The fourth-order valence-electron chi connectivity index (χ4n) is 0.933. The van der Waals surface area contributed by atoms with Gasteiger partial charge in [0, 0.05) is 12.8 Å². The summed E-state index contributed by atoms with van der Waals surface area (Å²) in [6.45, 7) is 4.40. The highest BCUT2D eigenvalue weighted by Crippen LogP contribution is 2.00. The topological polar surface area (TPSA) is 25.6 Å². The first-order valence-corrected chi connectivity index (χ1v) is 4.41. The summed E-state index contributed by atoms with van der Waals surface area (Å²) in [7, 11) is 0. The molecule has 0 radical (unpaired) electrons. The van der Waals surface area contributed by atoms with Gasteiger partial charge in [-0.3, -0.25) is 5.41 Å². The highest BCUT2D eigenvalue weighted by molar-refractivity contribution is 5.78. The molecule has 11 heavy (non-hydrogen) atoms. The van der Waals surface area contributed by atoms with E-state index in [1.165, 1.54) is 31.4 Å². The molecule has 1 nitrogen and oxygen atoms in total. The van der Waals surface area contributed by atoms with Crippen LogP contribution < -0.4 is 29.4 Å². The second-order valence-corrected chi connectivity index (χ2v) is 2.87. The van der Waals surface area contributed by atoms with Crippen LogP contribution in [0.15, 0.2) is 0 Å². The molecule has 0 aromatic rings. The second kappa shape index (κ2) is 10.4. The van der Waals surface area contributed by atoms with E-state index < -0.39 is 0 Å². The van der Waals surface area contributed by atoms with Gasteiger partial charge >= 0.3 is 0 Å². The molecule has 0 spiro atoms. The van der Waals surface area contributed by atoms with E-state index in [-0.39, 0.29) is 24.0 Å². The number of hydrogen-bond donors (Lipinski definition) is 1. The maximum absolute atomic E-state index is 5.76. The van der Waals surface area contributed by atoms with Crippen molar-refractivity contribution in [3.05, 3.63) is 0 Å². The molecular weight excluding hydrogens is 249 g/mol. The van der Waals surface area contributed by atoms with Gasteiger partial charge in [0.1, 0.15) is 5.71 Å². The molecule has 0 amide bonds. The monoisotopic (exact) mass is 269 g/mol. The van der Waals surface area contributed by atoms with Crippen LogP contribution in [0.2, 0.25) is 0 Å². The van der Waals surface area contributed by atoms with Gasteiger partial charge in [-0.25, -0.2) is 0 Å². The molecule has 0 heterocycles. The lowest BCUT2D eigenvalue weighted by Crippen LogP contribution is -3.00. The third kappa shape index (κ3) is 10.4. The quantitative estimate of drug-likeness (QED) is 0.452. The van der Waals surface area contributed by atoms with Gasteiger partial charge < -0.3 is 24.0 Å². The summed E-state index contributed by atoms with van der Waals surface area (Å²) in [6.07, 6.45) is 7.30. The third-order valence-electron chi connectivity index (χ3n) is 1.70. The molecule has 0 aromatic heterocycles. The lowest BCUT2D eigenvalue weighted by Gasteiger charge is -1.94. The van der Waals surface area contributed by atoms with Gasteiger partial charge in [-0.1, -0.05) is 26.7 Å². The second-order valence-electron chi connectivity index (χ2n) is 2.87. The summed E-state index contributed by atoms with van der Waals surface area (Å²) in [5.74, 6) is 0. The Labute approximate surface area is 87.5 Å². The van der Waals surface area contributed by atoms with E-state index in [9.17, 15) is 0 Å². The smallest absolute Gasteiger partial charge is 0.149 e. The number of unbranched alkanes of at least 4 members (excludes halogenated alkanes) is 2. The summed E-state index contributed by atoms with van der Waals surface area (Å²) in [5, 5.41) is 5.76. The molecule has 0 saturated heterocycles. The first kappa shape index (κ1) is 14.0. The van der Waals surface area contributed by atoms with E-state index in [1.807, 2.05) is 0 Å². The van der Waals surface area contributed by atoms with E-state index in [0.717, 1.165) is 12.8 Å². The van der Waals surface area contributed by atoms with Gasteiger partial charge in [0.05, 0.1) is 0 Å². The lowest BCUT2D eigenvalue weighted by atomic mass is 10.1. The molecule has 2 N–H and O–H groups in total. The number of rotatable bonds is 6. The Hall–Kier alpha value is 0.400. The van der Waals surface area contributed by atoms with Crippen molar-refractivity contribution in [1.29, 1.82) is 0 Å². The zero-order valence-corrected chi connectivity index (χ0v) is 9.86. The zero-order valence-electron chi connectivity index (χ0n) is 7.70. The summed E-state index contributed by atoms with van der Waals surface area (Å²) in [4.78, 5) is 0. The van der Waals surface area contributed by atoms with Gasteiger partial charge in [-0.2, -0.15) is 0 Å². The van der Waals surface area contributed by atoms with E-state index >= 15 is 0 Å². The summed E-state index contributed by atoms with van der Waals surface area (Å²) in [6, 6.07) is 0. The van der Waals surface area contributed by atoms with Crippen LogP contribution in [0.3, 0.4) is 0 Å². The Kier molecular flexibility index (Phi) is 13.2. The van der Waals surface area contributed by atoms with E-state index in [1.54, 1.807) is 0 Å². The zero-order chi connectivity index (χ0) is 7.82. The van der Waals surface area contributed by atoms with Crippen molar-refractivity contribution >= 4 is 5.71 Å². The van der Waals surface area contributed by atoms with Crippen molar-refractivity contribution in [2.75, 3.05) is 0 Å². The molecule has 68 valence electrons. The van der Waals surface area contributed by atoms with Gasteiger partial charge in [0.2, 0.25) is 0 Å². The van der Waals surface area contributed by atoms with E-state index in [2.05, 4.69) is 13.8 Å². The molecule has 0 aliphatic carbocycles. The van der Waals surface area contributed by atoms with Crippen LogP contribution in [-0.4, -0.2) is 5.71 Å². The minimum absolute atomic E-state index is 0. The van der Waals surface area contributed by atoms with Crippen molar-refractivity contribution in [2.24, 2.45) is 0 Å². The first-order chi connectivity index (χ1) is 4.81. The predicted molar refractivity (Wildman–Crippen MR) is 46.0 cm³/mol. The van der Waals surface area contributed by atoms with Crippen LogP contribution in [0.4, 0.5) is 0 Å². The SMILES string of the molecule is CCCCC(=[NH2+])CCCC.[I-]. The molecule has 0 aliphatic heterocycles. The molecule has 0 saturated carbocycles. The summed E-state index contributed by atoms with van der Waals surface area (Å²) in [5.41, 5.74) is 1.20. The Bertz CT molecular complexity index is 81.6. The minimum atomic E-state index is 0. The van der Waals surface area contributed by atoms with Crippen molar-refractivity contribution in [3.63, 3.8) is 0 Å². The van der Waals surface area contributed by atoms with Crippen LogP contribution in [0.5, 0.6) is 0 Å². The van der Waals surface area contributed by atoms with Gasteiger partial charge in [0.25, 0.3) is 0 Å². The Morgan fingerprint density at radius 2 is 1.36 bits per heavy atom. The highest BCUT2D eigenvalue weighted by atomic mass is 127. The average molecular weight is 269 g/mol. The molecule has 0 unspecified atom stereocenters. The Morgan fingerprint density at radius 1 is 1.00 bits per heavy atom. The fourth-order valence-corrected chi connectivity index (χ4v) is 0.933. The number of halogens is 1. The van der Waals surface area contributed by atoms with Crippen molar-refractivity contribution in [2.45, 2.75) is 52.4 Å². The van der Waals surface area contributed by atoms with E-state index in [0.29, 0.717) is 0 Å². The van der Waals surface area contributed by atoms with Crippen molar-refractivity contribution < 1.29 is 29.4 Å². The van der Waals surface area contributed by atoms with Crippen LogP contribution in [0, 0.1) is 0 Å². The fraction of sp³-hybridized carbons (Fsp3) is 0.889. The number of nitrogens with two attached hydrogens (primary N) is 1. The van der Waals surface area contributed by atoms with E-state index in [4.69, 9.17) is 5.41 Å². The minimum Gasteiger partial charge on any atom is -1.00 e. The standard InChI is InChI=1S/C9H19N.HI/c1-3-5-7-9(10)8-6-4-2;/h10H,3-8H2,1-2H3;1H.